The molecule has 1 aliphatic heterocycles. The molecular weight excluding hydrogens is 404 g/mol. The standard InChI is InChI=1S/C25H32N4O3/c1-6-7-13-32-24-19-17(25(31)28(3)4)14-18-21(26-15(2)29(18)5)22(19)27-20(23(24)30)16-11-9-8-10-12-16/h8-12,14,20,23-24,27,30H,6-7,13H2,1-5H3/t20-,23-,24+/m1/s1. The second-order valence-electron chi connectivity index (χ2n) is 8.67. The zero-order chi connectivity index (χ0) is 23.0. The molecule has 0 fully saturated rings. The third-order valence-corrected chi connectivity index (χ3v) is 6.27. The summed E-state index contributed by atoms with van der Waals surface area (Å²) in [4.78, 5) is 19.6. The first-order valence-electron chi connectivity index (χ1n) is 11.2. The minimum absolute atomic E-state index is 0.127. The number of fused-ring (bicyclic) bond motifs is 3. The number of nitrogens with zero attached hydrogens (tertiary/aromatic N) is 3. The van der Waals surface area contributed by atoms with Crippen molar-refractivity contribution in [2.75, 3.05) is 26.0 Å². The number of imidazole rings is 1. The van der Waals surface area contributed by atoms with Crippen molar-refractivity contribution in [3.05, 3.63) is 58.9 Å². The molecule has 4 rings (SSSR count). The van der Waals surface area contributed by atoms with E-state index in [2.05, 4.69) is 12.2 Å². The molecule has 0 spiro atoms. The number of rotatable bonds is 6. The van der Waals surface area contributed by atoms with Gasteiger partial charge in [-0.15, -0.1) is 0 Å². The number of carbonyl (C=O) groups excluding carboxylic acids is 1. The Labute approximate surface area is 189 Å². The van der Waals surface area contributed by atoms with Crippen LogP contribution in [-0.2, 0) is 11.8 Å². The summed E-state index contributed by atoms with van der Waals surface area (Å²) in [7, 11) is 5.42. The Bertz CT molecular complexity index is 1120. The van der Waals surface area contributed by atoms with Crippen molar-refractivity contribution >= 4 is 22.6 Å². The molecule has 0 saturated heterocycles. The molecule has 0 radical (unpaired) electrons. The van der Waals surface area contributed by atoms with E-state index in [4.69, 9.17) is 9.72 Å². The van der Waals surface area contributed by atoms with Gasteiger partial charge in [0.15, 0.2) is 0 Å². The lowest BCUT2D eigenvalue weighted by Gasteiger charge is -2.39. The molecular formula is C25H32N4O3. The van der Waals surface area contributed by atoms with Crippen molar-refractivity contribution in [2.45, 2.75) is 44.9 Å². The lowest BCUT2D eigenvalue weighted by molar-refractivity contribution is -0.0518. The van der Waals surface area contributed by atoms with Gasteiger partial charge in [-0.05, 0) is 25.0 Å². The monoisotopic (exact) mass is 436 g/mol. The van der Waals surface area contributed by atoms with Gasteiger partial charge in [-0.25, -0.2) is 4.98 Å². The molecule has 32 heavy (non-hydrogen) atoms. The van der Waals surface area contributed by atoms with Gasteiger partial charge in [0.25, 0.3) is 5.91 Å². The van der Waals surface area contributed by atoms with Crippen LogP contribution in [0.3, 0.4) is 0 Å². The van der Waals surface area contributed by atoms with Crippen molar-refractivity contribution in [2.24, 2.45) is 7.05 Å². The molecule has 3 atom stereocenters. The first-order valence-corrected chi connectivity index (χ1v) is 11.2. The molecule has 2 aromatic carbocycles. The molecule has 0 bridgehead atoms. The van der Waals surface area contributed by atoms with Crippen LogP contribution in [0.1, 0.15) is 59.2 Å². The van der Waals surface area contributed by atoms with Crippen LogP contribution in [0, 0.1) is 6.92 Å². The molecule has 2 heterocycles. The summed E-state index contributed by atoms with van der Waals surface area (Å²) < 4.78 is 8.26. The zero-order valence-electron chi connectivity index (χ0n) is 19.4. The van der Waals surface area contributed by atoms with Crippen molar-refractivity contribution in [3.63, 3.8) is 0 Å². The van der Waals surface area contributed by atoms with Gasteiger partial charge in [0.1, 0.15) is 23.5 Å². The second-order valence-corrected chi connectivity index (χ2v) is 8.67. The number of aliphatic hydroxyl groups is 1. The SMILES string of the molecule is CCCCO[C@H]1c2c(C(=O)N(C)C)cc3c(nc(C)n3C)c2N[C@H](c2ccccc2)[C@H]1O. The molecule has 0 saturated carbocycles. The van der Waals surface area contributed by atoms with Gasteiger partial charge in [0, 0.05) is 38.9 Å². The van der Waals surface area contributed by atoms with Crippen molar-refractivity contribution < 1.29 is 14.6 Å². The normalized spacial score (nSPS) is 20.1. The first kappa shape index (κ1) is 22.3. The largest absolute Gasteiger partial charge is 0.388 e. The Morgan fingerprint density at radius 1 is 1.28 bits per heavy atom. The van der Waals surface area contributed by atoms with Crippen molar-refractivity contribution in [3.8, 4) is 0 Å². The van der Waals surface area contributed by atoms with Crippen LogP contribution < -0.4 is 5.32 Å². The summed E-state index contributed by atoms with van der Waals surface area (Å²) in [5.41, 5.74) is 4.59. The molecule has 3 aromatic rings. The van der Waals surface area contributed by atoms with Crippen LogP contribution in [0.4, 0.5) is 5.69 Å². The van der Waals surface area contributed by atoms with Crippen LogP contribution in [-0.4, -0.2) is 52.3 Å². The number of aryl methyl sites for hydroxylation is 2. The fourth-order valence-electron chi connectivity index (χ4n) is 4.38. The number of aromatic nitrogens is 2. The fraction of sp³-hybridized carbons (Fsp3) is 0.440. The van der Waals surface area contributed by atoms with Crippen LogP contribution >= 0.6 is 0 Å². The minimum Gasteiger partial charge on any atom is -0.388 e. The minimum atomic E-state index is -0.863. The van der Waals surface area contributed by atoms with E-state index in [1.807, 2.05) is 54.9 Å². The first-order chi connectivity index (χ1) is 15.3. The maximum atomic E-state index is 13.2. The van der Waals surface area contributed by atoms with Gasteiger partial charge >= 0.3 is 0 Å². The van der Waals surface area contributed by atoms with Crippen LogP contribution in [0.15, 0.2) is 36.4 Å². The number of amides is 1. The topological polar surface area (TPSA) is 79.6 Å². The molecule has 0 aliphatic carbocycles. The van der Waals surface area contributed by atoms with Crippen LogP contribution in [0.25, 0.3) is 11.0 Å². The highest BCUT2D eigenvalue weighted by atomic mass is 16.5. The summed E-state index contributed by atoms with van der Waals surface area (Å²) in [5, 5.41) is 15.0. The summed E-state index contributed by atoms with van der Waals surface area (Å²) in [6.07, 6.45) is 0.355. The van der Waals surface area contributed by atoms with E-state index in [9.17, 15) is 9.90 Å². The van der Waals surface area contributed by atoms with E-state index < -0.39 is 12.2 Å². The number of hydrogen-bond acceptors (Lipinski definition) is 5. The average Bonchev–Trinajstić information content (AvgIpc) is 3.08. The summed E-state index contributed by atoms with van der Waals surface area (Å²) in [6, 6.07) is 11.3. The highest BCUT2D eigenvalue weighted by Crippen LogP contribution is 2.46. The lowest BCUT2D eigenvalue weighted by Crippen LogP contribution is -2.39. The van der Waals surface area contributed by atoms with Crippen molar-refractivity contribution in [1.29, 1.82) is 0 Å². The van der Waals surface area contributed by atoms with Crippen molar-refractivity contribution in [1.82, 2.24) is 14.5 Å². The predicted molar refractivity (Wildman–Crippen MR) is 126 cm³/mol. The number of aliphatic hydroxyl groups excluding tert-OH is 1. The molecule has 2 N–H and O–H groups in total. The van der Waals surface area contributed by atoms with Gasteiger partial charge in [-0.3, -0.25) is 4.79 Å². The number of ether oxygens (including phenoxy) is 1. The Balaban J connectivity index is 1.97. The quantitative estimate of drug-likeness (QED) is 0.572. The Morgan fingerprint density at radius 3 is 2.66 bits per heavy atom. The lowest BCUT2D eigenvalue weighted by atomic mass is 9.85. The number of hydrogen-bond donors (Lipinski definition) is 2. The van der Waals surface area contributed by atoms with Crippen LogP contribution in [0.5, 0.6) is 0 Å². The number of nitrogens with one attached hydrogen (secondary N) is 1. The highest BCUT2D eigenvalue weighted by molar-refractivity contribution is 6.04. The number of anilines is 1. The fourth-order valence-corrected chi connectivity index (χ4v) is 4.38. The molecule has 7 heteroatoms. The van der Waals surface area contributed by atoms with Gasteiger partial charge in [-0.1, -0.05) is 43.7 Å². The van der Waals surface area contributed by atoms with E-state index in [1.165, 1.54) is 0 Å². The number of unbranched alkanes of at least 4 members (excludes halogenated alkanes) is 1. The summed E-state index contributed by atoms with van der Waals surface area (Å²) in [5.74, 6) is 0.725. The number of carbonyl (C=O) groups is 1. The summed E-state index contributed by atoms with van der Waals surface area (Å²) in [6.45, 7) is 4.56. The maximum Gasteiger partial charge on any atom is 0.253 e. The zero-order valence-corrected chi connectivity index (χ0v) is 19.4. The van der Waals surface area contributed by atoms with E-state index in [1.54, 1.807) is 19.0 Å². The Kier molecular flexibility index (Phi) is 6.22. The van der Waals surface area contributed by atoms with E-state index in [-0.39, 0.29) is 11.9 Å². The molecule has 1 aliphatic rings. The Hall–Kier alpha value is -2.90. The average molecular weight is 437 g/mol. The molecule has 1 amide bonds. The van der Waals surface area contributed by atoms with Crippen LogP contribution in [0.2, 0.25) is 0 Å². The van der Waals surface area contributed by atoms with Gasteiger partial charge in [0.2, 0.25) is 0 Å². The van der Waals surface area contributed by atoms with Gasteiger partial charge in [-0.2, -0.15) is 0 Å². The van der Waals surface area contributed by atoms with Gasteiger partial charge < -0.3 is 24.6 Å². The second kappa shape index (κ2) is 8.92. The predicted octanol–water partition coefficient (Wildman–Crippen LogP) is 3.97. The molecule has 0 unspecified atom stereocenters. The van der Waals surface area contributed by atoms with E-state index in [0.29, 0.717) is 17.7 Å². The maximum absolute atomic E-state index is 13.2. The number of benzene rings is 2. The highest BCUT2D eigenvalue weighted by Gasteiger charge is 2.41. The third-order valence-electron chi connectivity index (χ3n) is 6.27. The molecule has 7 nitrogen and oxygen atoms in total. The molecule has 170 valence electrons. The Morgan fingerprint density at radius 2 is 2.00 bits per heavy atom. The third kappa shape index (κ3) is 3.76. The van der Waals surface area contributed by atoms with Gasteiger partial charge in [0.05, 0.1) is 17.2 Å². The smallest absolute Gasteiger partial charge is 0.253 e. The summed E-state index contributed by atoms with van der Waals surface area (Å²) >= 11 is 0. The molecule has 1 aromatic heterocycles. The van der Waals surface area contributed by atoms with E-state index in [0.717, 1.165) is 41.0 Å². The van der Waals surface area contributed by atoms with E-state index >= 15 is 0 Å².